The van der Waals surface area contributed by atoms with E-state index in [4.69, 9.17) is 0 Å². The minimum absolute atomic E-state index is 0. The normalized spacial score (nSPS) is 15.0. The molecule has 0 radical (unpaired) electrons. The van der Waals surface area contributed by atoms with Gasteiger partial charge in [-0.2, -0.15) is 0 Å². The minimum atomic E-state index is 0. The molecule has 4 nitrogen and oxygen atoms in total. The first-order chi connectivity index (χ1) is 10.7. The van der Waals surface area contributed by atoms with Crippen molar-refractivity contribution < 1.29 is 0 Å². The van der Waals surface area contributed by atoms with Crippen LogP contribution in [0.4, 0.5) is 0 Å². The van der Waals surface area contributed by atoms with Gasteiger partial charge >= 0.3 is 0 Å². The van der Waals surface area contributed by atoms with Crippen LogP contribution >= 0.6 is 24.0 Å². The zero-order valence-electron chi connectivity index (χ0n) is 14.6. The molecule has 2 N–H and O–H groups in total. The third-order valence-electron chi connectivity index (χ3n) is 3.88. The van der Waals surface area contributed by atoms with Crippen LogP contribution in [0.5, 0.6) is 0 Å². The van der Waals surface area contributed by atoms with Gasteiger partial charge in [-0.1, -0.05) is 24.3 Å². The first-order valence-corrected chi connectivity index (χ1v) is 8.53. The highest BCUT2D eigenvalue weighted by molar-refractivity contribution is 14.0. The molecule has 0 saturated carbocycles. The maximum absolute atomic E-state index is 4.65. The van der Waals surface area contributed by atoms with Gasteiger partial charge in [0.1, 0.15) is 0 Å². The maximum Gasteiger partial charge on any atom is 0.191 e. The van der Waals surface area contributed by atoms with Crippen LogP contribution in [-0.2, 0) is 13.0 Å². The Morgan fingerprint density at radius 2 is 2.00 bits per heavy atom. The zero-order chi connectivity index (χ0) is 15.8. The van der Waals surface area contributed by atoms with E-state index in [1.165, 1.54) is 24.1 Å². The van der Waals surface area contributed by atoms with Crippen LogP contribution in [0.15, 0.2) is 29.3 Å². The number of rotatable bonds is 6. The van der Waals surface area contributed by atoms with E-state index in [0.717, 1.165) is 38.6 Å². The van der Waals surface area contributed by atoms with Gasteiger partial charge in [-0.25, -0.2) is 0 Å². The summed E-state index contributed by atoms with van der Waals surface area (Å²) in [7, 11) is 0. The van der Waals surface area contributed by atoms with Gasteiger partial charge in [-0.15, -0.1) is 24.0 Å². The number of nitrogens with zero attached hydrogens (tertiary/aromatic N) is 2. The summed E-state index contributed by atoms with van der Waals surface area (Å²) in [5.41, 5.74) is 3.01. The molecule has 0 unspecified atom stereocenters. The van der Waals surface area contributed by atoms with Crippen LogP contribution < -0.4 is 10.6 Å². The Morgan fingerprint density at radius 3 is 2.70 bits per heavy atom. The largest absolute Gasteiger partial charge is 0.357 e. The Labute approximate surface area is 158 Å². The molecule has 5 heteroatoms. The van der Waals surface area contributed by atoms with Crippen LogP contribution in [0.2, 0.25) is 0 Å². The summed E-state index contributed by atoms with van der Waals surface area (Å²) in [5.74, 6) is 0.932. The van der Waals surface area contributed by atoms with E-state index in [-0.39, 0.29) is 24.0 Å². The molecule has 0 atom stereocenters. The molecule has 0 fully saturated rings. The molecular formula is C18H31IN4. The Hall–Kier alpha value is -0.820. The molecule has 1 aromatic rings. The second-order valence-corrected chi connectivity index (χ2v) is 6.21. The van der Waals surface area contributed by atoms with Crippen LogP contribution in [0.3, 0.4) is 0 Å². The van der Waals surface area contributed by atoms with Crippen molar-refractivity contribution in [1.82, 2.24) is 15.5 Å². The highest BCUT2D eigenvalue weighted by Gasteiger charge is 2.14. The summed E-state index contributed by atoms with van der Waals surface area (Å²) in [5, 5.41) is 6.65. The van der Waals surface area contributed by atoms with Gasteiger partial charge in [-0.3, -0.25) is 9.89 Å². The fourth-order valence-electron chi connectivity index (χ4n) is 2.82. The van der Waals surface area contributed by atoms with Gasteiger partial charge in [0, 0.05) is 38.8 Å². The number of nitrogens with one attached hydrogen (secondary N) is 2. The first kappa shape index (κ1) is 20.2. The third kappa shape index (κ3) is 7.08. The van der Waals surface area contributed by atoms with Gasteiger partial charge in [-0.05, 0) is 44.7 Å². The number of halogens is 1. The lowest BCUT2D eigenvalue weighted by molar-refractivity contribution is 0.252. The van der Waals surface area contributed by atoms with Gasteiger partial charge in [0.25, 0.3) is 0 Å². The van der Waals surface area contributed by atoms with Crippen molar-refractivity contribution in [1.29, 1.82) is 0 Å². The Morgan fingerprint density at radius 1 is 1.26 bits per heavy atom. The topological polar surface area (TPSA) is 39.7 Å². The van der Waals surface area contributed by atoms with E-state index in [2.05, 4.69) is 65.6 Å². The molecular weight excluding hydrogens is 399 g/mol. The van der Waals surface area contributed by atoms with E-state index in [1.807, 2.05) is 0 Å². The Bertz CT molecular complexity index is 488. The molecule has 0 bridgehead atoms. The van der Waals surface area contributed by atoms with Gasteiger partial charge < -0.3 is 10.6 Å². The van der Waals surface area contributed by atoms with E-state index in [9.17, 15) is 0 Å². The molecule has 130 valence electrons. The van der Waals surface area contributed by atoms with Crippen LogP contribution in [-0.4, -0.2) is 43.1 Å². The average Bonchev–Trinajstić information content (AvgIpc) is 2.51. The summed E-state index contributed by atoms with van der Waals surface area (Å²) in [6.07, 6.45) is 2.29. The van der Waals surface area contributed by atoms with Gasteiger partial charge in [0.15, 0.2) is 5.96 Å². The number of guanidine groups is 1. The summed E-state index contributed by atoms with van der Waals surface area (Å²) in [4.78, 5) is 7.19. The molecule has 0 amide bonds. The molecule has 23 heavy (non-hydrogen) atoms. The van der Waals surface area contributed by atoms with Crippen molar-refractivity contribution in [3.05, 3.63) is 35.4 Å². The summed E-state index contributed by atoms with van der Waals surface area (Å²) >= 11 is 0. The lowest BCUT2D eigenvalue weighted by atomic mass is 10.00. The van der Waals surface area contributed by atoms with E-state index < -0.39 is 0 Å². The number of fused-ring (bicyclic) bond motifs is 1. The van der Waals surface area contributed by atoms with Crippen molar-refractivity contribution in [2.75, 3.05) is 26.2 Å². The van der Waals surface area contributed by atoms with Crippen LogP contribution in [0.1, 0.15) is 38.3 Å². The van der Waals surface area contributed by atoms with Crippen molar-refractivity contribution >= 4 is 29.9 Å². The Kier molecular flexibility index (Phi) is 9.55. The van der Waals surface area contributed by atoms with Gasteiger partial charge in [0.05, 0.1) is 0 Å². The predicted molar refractivity (Wildman–Crippen MR) is 110 cm³/mol. The van der Waals surface area contributed by atoms with Crippen molar-refractivity contribution in [3.63, 3.8) is 0 Å². The molecule has 0 saturated heterocycles. The molecule has 1 aliphatic rings. The molecule has 0 aromatic heterocycles. The number of hydrogen-bond donors (Lipinski definition) is 2. The first-order valence-electron chi connectivity index (χ1n) is 8.53. The number of benzene rings is 1. The van der Waals surface area contributed by atoms with Crippen molar-refractivity contribution in [2.24, 2.45) is 4.99 Å². The summed E-state index contributed by atoms with van der Waals surface area (Å²) in [6.45, 7) is 11.5. The molecule has 1 heterocycles. The van der Waals surface area contributed by atoms with Crippen LogP contribution in [0, 0.1) is 0 Å². The predicted octanol–water partition coefficient (Wildman–Crippen LogP) is 3.02. The SMILES string of the molecule is CCNC(=NCCCN1CCc2ccccc2C1)NC(C)C.I. The highest BCUT2D eigenvalue weighted by atomic mass is 127. The zero-order valence-corrected chi connectivity index (χ0v) is 17.0. The quantitative estimate of drug-likeness (QED) is 0.316. The molecule has 1 aromatic carbocycles. The second-order valence-electron chi connectivity index (χ2n) is 6.21. The van der Waals surface area contributed by atoms with Crippen molar-refractivity contribution in [3.8, 4) is 0 Å². The lowest BCUT2D eigenvalue weighted by Crippen LogP contribution is -2.41. The van der Waals surface area contributed by atoms with E-state index in [1.54, 1.807) is 0 Å². The standard InChI is InChI=1S/C18H30N4.HI/c1-4-19-18(21-15(2)3)20-11-7-12-22-13-10-16-8-5-6-9-17(16)14-22;/h5-6,8-9,15H,4,7,10-14H2,1-3H3,(H2,19,20,21);1H. The van der Waals surface area contributed by atoms with Crippen molar-refractivity contribution in [2.45, 2.75) is 46.2 Å². The fourth-order valence-corrected chi connectivity index (χ4v) is 2.82. The summed E-state index contributed by atoms with van der Waals surface area (Å²) in [6, 6.07) is 9.23. The van der Waals surface area contributed by atoms with Crippen LogP contribution in [0.25, 0.3) is 0 Å². The van der Waals surface area contributed by atoms with Gasteiger partial charge in [0.2, 0.25) is 0 Å². The molecule has 1 aliphatic heterocycles. The Balaban J connectivity index is 0.00000264. The smallest absolute Gasteiger partial charge is 0.191 e. The summed E-state index contributed by atoms with van der Waals surface area (Å²) < 4.78 is 0. The third-order valence-corrected chi connectivity index (χ3v) is 3.88. The molecule has 0 aliphatic carbocycles. The van der Waals surface area contributed by atoms with E-state index in [0.29, 0.717) is 6.04 Å². The maximum atomic E-state index is 4.65. The lowest BCUT2D eigenvalue weighted by Gasteiger charge is -2.28. The average molecular weight is 430 g/mol. The number of aliphatic imine (C=N–C) groups is 1. The minimum Gasteiger partial charge on any atom is -0.357 e. The fraction of sp³-hybridized carbons (Fsp3) is 0.611. The highest BCUT2D eigenvalue weighted by Crippen LogP contribution is 2.18. The van der Waals surface area contributed by atoms with E-state index >= 15 is 0 Å². The molecule has 0 spiro atoms. The second kappa shape index (κ2) is 10.9. The number of hydrogen-bond acceptors (Lipinski definition) is 2. The molecule has 2 rings (SSSR count). The monoisotopic (exact) mass is 430 g/mol.